The van der Waals surface area contributed by atoms with E-state index >= 15 is 0 Å². The summed E-state index contributed by atoms with van der Waals surface area (Å²) in [4.78, 5) is 14.2. The van der Waals surface area contributed by atoms with Crippen molar-refractivity contribution >= 4 is 27.5 Å². The number of aryl methyl sites for hydroxylation is 1. The first kappa shape index (κ1) is 18.8. The average molecular weight is 397 g/mol. The van der Waals surface area contributed by atoms with Crippen LogP contribution in [0.5, 0.6) is 0 Å². The maximum atomic E-state index is 13.2. The molecule has 1 fully saturated rings. The Labute approximate surface area is 157 Å². The predicted molar refractivity (Wildman–Crippen MR) is 97.3 cm³/mol. The lowest BCUT2D eigenvalue weighted by Gasteiger charge is -2.34. The standard InChI is InChI=1S/C18H18ClFN2O3S/c1-13-12-16(20)6-7-17(13)26(24,25)22-10-8-21(9-11-22)18(23)14-2-4-15(19)5-3-14/h2-7,12H,8-11H2,1H3. The Hall–Kier alpha value is -1.96. The third-order valence-electron chi connectivity index (χ3n) is 4.37. The van der Waals surface area contributed by atoms with Crippen molar-refractivity contribution < 1.29 is 17.6 Å². The number of amides is 1. The summed E-state index contributed by atoms with van der Waals surface area (Å²) in [7, 11) is -3.72. The second-order valence-corrected chi connectivity index (χ2v) is 8.46. The quantitative estimate of drug-likeness (QED) is 0.801. The second kappa shape index (κ2) is 7.34. The van der Waals surface area contributed by atoms with E-state index in [9.17, 15) is 17.6 Å². The third-order valence-corrected chi connectivity index (χ3v) is 6.68. The molecule has 0 aromatic heterocycles. The molecule has 1 heterocycles. The predicted octanol–water partition coefficient (Wildman–Crippen LogP) is 2.93. The number of benzene rings is 2. The van der Waals surface area contributed by atoms with Gasteiger partial charge in [0.25, 0.3) is 5.91 Å². The van der Waals surface area contributed by atoms with E-state index in [0.717, 1.165) is 6.07 Å². The molecule has 1 saturated heterocycles. The van der Waals surface area contributed by atoms with Gasteiger partial charge in [-0.15, -0.1) is 0 Å². The molecule has 1 aliphatic rings. The highest BCUT2D eigenvalue weighted by atomic mass is 35.5. The van der Waals surface area contributed by atoms with Crippen molar-refractivity contribution in [2.24, 2.45) is 0 Å². The zero-order valence-corrected chi connectivity index (χ0v) is 15.7. The highest BCUT2D eigenvalue weighted by Gasteiger charge is 2.31. The van der Waals surface area contributed by atoms with Crippen molar-refractivity contribution in [2.75, 3.05) is 26.2 Å². The molecule has 2 aromatic rings. The summed E-state index contributed by atoms with van der Waals surface area (Å²) in [6.45, 7) is 2.54. The van der Waals surface area contributed by atoms with Gasteiger partial charge in [0, 0.05) is 36.8 Å². The van der Waals surface area contributed by atoms with Crippen molar-refractivity contribution in [3.63, 3.8) is 0 Å². The lowest BCUT2D eigenvalue weighted by Crippen LogP contribution is -2.50. The molecule has 0 unspecified atom stereocenters. The molecule has 0 N–H and O–H groups in total. The smallest absolute Gasteiger partial charge is 0.253 e. The molecular weight excluding hydrogens is 379 g/mol. The maximum absolute atomic E-state index is 13.2. The molecule has 0 spiro atoms. The Morgan fingerprint density at radius 2 is 1.65 bits per heavy atom. The molecule has 0 saturated carbocycles. The van der Waals surface area contributed by atoms with E-state index in [0.29, 0.717) is 29.2 Å². The minimum Gasteiger partial charge on any atom is -0.336 e. The molecule has 0 atom stereocenters. The minimum absolute atomic E-state index is 0.0939. The van der Waals surface area contributed by atoms with Crippen molar-refractivity contribution in [3.05, 3.63) is 64.4 Å². The molecule has 0 aliphatic carbocycles. The van der Waals surface area contributed by atoms with Crippen molar-refractivity contribution in [1.82, 2.24) is 9.21 Å². The Kier molecular flexibility index (Phi) is 5.32. The summed E-state index contributed by atoms with van der Waals surface area (Å²) in [5.41, 5.74) is 0.879. The molecule has 5 nitrogen and oxygen atoms in total. The highest BCUT2D eigenvalue weighted by Crippen LogP contribution is 2.22. The lowest BCUT2D eigenvalue weighted by atomic mass is 10.2. The van der Waals surface area contributed by atoms with Crippen LogP contribution < -0.4 is 0 Å². The van der Waals surface area contributed by atoms with Gasteiger partial charge in [-0.25, -0.2) is 12.8 Å². The van der Waals surface area contributed by atoms with Crippen LogP contribution in [0.2, 0.25) is 5.02 Å². The van der Waals surface area contributed by atoms with Crippen molar-refractivity contribution in [1.29, 1.82) is 0 Å². The van der Waals surface area contributed by atoms with Gasteiger partial charge in [-0.05, 0) is 55.0 Å². The minimum atomic E-state index is -3.72. The SMILES string of the molecule is Cc1cc(F)ccc1S(=O)(=O)N1CCN(C(=O)c2ccc(Cl)cc2)CC1. The monoisotopic (exact) mass is 396 g/mol. The summed E-state index contributed by atoms with van der Waals surface area (Å²) < 4.78 is 40.2. The number of piperazine rings is 1. The van der Waals surface area contributed by atoms with E-state index in [-0.39, 0.29) is 23.9 Å². The van der Waals surface area contributed by atoms with Crippen LogP contribution in [0, 0.1) is 12.7 Å². The molecule has 1 amide bonds. The summed E-state index contributed by atoms with van der Waals surface area (Å²) >= 11 is 5.83. The molecular formula is C18H18ClFN2O3S. The Morgan fingerprint density at radius 1 is 1.04 bits per heavy atom. The second-order valence-electron chi connectivity index (χ2n) is 6.11. The first-order chi connectivity index (χ1) is 12.3. The van der Waals surface area contributed by atoms with E-state index in [4.69, 9.17) is 11.6 Å². The Balaban J connectivity index is 1.71. The number of hydrogen-bond donors (Lipinski definition) is 0. The summed E-state index contributed by atoms with van der Waals surface area (Å²) in [5, 5.41) is 0.548. The lowest BCUT2D eigenvalue weighted by molar-refractivity contribution is 0.0698. The topological polar surface area (TPSA) is 57.7 Å². The molecule has 8 heteroatoms. The van der Waals surface area contributed by atoms with Crippen LogP contribution in [0.3, 0.4) is 0 Å². The largest absolute Gasteiger partial charge is 0.336 e. The van der Waals surface area contributed by atoms with Gasteiger partial charge in [-0.2, -0.15) is 4.31 Å². The molecule has 26 heavy (non-hydrogen) atoms. The Morgan fingerprint density at radius 3 is 2.23 bits per heavy atom. The summed E-state index contributed by atoms with van der Waals surface area (Å²) in [6, 6.07) is 10.2. The fourth-order valence-corrected chi connectivity index (χ4v) is 4.70. The average Bonchev–Trinajstić information content (AvgIpc) is 2.61. The molecule has 138 valence electrons. The Bertz CT molecular complexity index is 924. The number of carbonyl (C=O) groups excluding carboxylic acids is 1. The third kappa shape index (κ3) is 3.75. The fourth-order valence-electron chi connectivity index (χ4n) is 2.95. The first-order valence-corrected chi connectivity index (χ1v) is 9.92. The van der Waals surface area contributed by atoms with Gasteiger partial charge >= 0.3 is 0 Å². The van der Waals surface area contributed by atoms with E-state index in [1.54, 1.807) is 36.1 Å². The van der Waals surface area contributed by atoms with E-state index in [1.165, 1.54) is 16.4 Å². The van der Waals surface area contributed by atoms with Crippen molar-refractivity contribution in [3.8, 4) is 0 Å². The van der Waals surface area contributed by atoms with Gasteiger partial charge in [0.1, 0.15) is 5.82 Å². The van der Waals surface area contributed by atoms with Gasteiger partial charge in [-0.3, -0.25) is 4.79 Å². The van der Waals surface area contributed by atoms with Crippen LogP contribution in [0.25, 0.3) is 0 Å². The van der Waals surface area contributed by atoms with Crippen LogP contribution in [0.4, 0.5) is 4.39 Å². The number of carbonyl (C=O) groups is 1. The van der Waals surface area contributed by atoms with Gasteiger partial charge < -0.3 is 4.90 Å². The van der Waals surface area contributed by atoms with E-state index < -0.39 is 15.8 Å². The van der Waals surface area contributed by atoms with Crippen LogP contribution >= 0.6 is 11.6 Å². The molecule has 0 radical (unpaired) electrons. The van der Waals surface area contributed by atoms with Gasteiger partial charge in [0.15, 0.2) is 0 Å². The molecule has 1 aliphatic heterocycles. The number of nitrogens with zero attached hydrogens (tertiary/aromatic N) is 2. The van der Waals surface area contributed by atoms with Gasteiger partial charge in [0.2, 0.25) is 10.0 Å². The number of halogens is 2. The van der Waals surface area contributed by atoms with Gasteiger partial charge in [0.05, 0.1) is 4.90 Å². The van der Waals surface area contributed by atoms with Crippen LogP contribution in [0.15, 0.2) is 47.4 Å². The number of hydrogen-bond acceptors (Lipinski definition) is 3. The number of sulfonamides is 1. The van der Waals surface area contributed by atoms with Crippen LogP contribution in [-0.4, -0.2) is 49.7 Å². The summed E-state index contributed by atoms with van der Waals surface area (Å²) in [5.74, 6) is -0.628. The zero-order valence-electron chi connectivity index (χ0n) is 14.2. The normalized spacial score (nSPS) is 15.9. The summed E-state index contributed by atoms with van der Waals surface area (Å²) in [6.07, 6.45) is 0. The fraction of sp³-hybridized carbons (Fsp3) is 0.278. The first-order valence-electron chi connectivity index (χ1n) is 8.10. The molecule has 0 bridgehead atoms. The van der Waals surface area contributed by atoms with Crippen LogP contribution in [-0.2, 0) is 10.0 Å². The highest BCUT2D eigenvalue weighted by molar-refractivity contribution is 7.89. The molecule has 3 rings (SSSR count). The zero-order chi connectivity index (χ0) is 18.9. The van der Waals surface area contributed by atoms with E-state index in [1.807, 2.05) is 0 Å². The van der Waals surface area contributed by atoms with Gasteiger partial charge in [-0.1, -0.05) is 11.6 Å². The van der Waals surface area contributed by atoms with Crippen molar-refractivity contribution in [2.45, 2.75) is 11.8 Å². The molecule has 2 aromatic carbocycles. The van der Waals surface area contributed by atoms with E-state index in [2.05, 4.69) is 0 Å². The maximum Gasteiger partial charge on any atom is 0.253 e. The number of rotatable bonds is 3. The van der Waals surface area contributed by atoms with Crippen LogP contribution in [0.1, 0.15) is 15.9 Å².